The molecule has 13 atom stereocenters. The zero-order valence-corrected chi connectivity index (χ0v) is 28.9. The lowest BCUT2D eigenvalue weighted by molar-refractivity contribution is -0.194. The van der Waals surface area contributed by atoms with E-state index >= 15 is 0 Å². The first-order chi connectivity index (χ1) is 22.0. The van der Waals surface area contributed by atoms with Gasteiger partial charge < -0.3 is 24.8 Å². The molecule has 5 nitrogen and oxygen atoms in total. The Labute approximate surface area is 278 Å². The molecule has 2 aromatic rings. The Morgan fingerprint density at radius 3 is 1.98 bits per heavy atom. The van der Waals surface area contributed by atoms with Gasteiger partial charge in [-0.2, -0.15) is 0 Å². The summed E-state index contributed by atoms with van der Waals surface area (Å²) in [6.45, 7) is 12.4. The first-order valence-corrected chi connectivity index (χ1v) is 18.4. The molecule has 0 radical (unpaired) electrons. The summed E-state index contributed by atoms with van der Waals surface area (Å²) in [6, 6.07) is 21.1. The molecular weight excluding hydrogens is 572 g/mol. The van der Waals surface area contributed by atoms with Gasteiger partial charge in [0.15, 0.2) is 0 Å². The van der Waals surface area contributed by atoms with Crippen LogP contribution < -0.4 is 0 Å². The van der Waals surface area contributed by atoms with Crippen molar-refractivity contribution < 1.29 is 24.8 Å². The zero-order valence-electron chi connectivity index (χ0n) is 28.9. The highest BCUT2D eigenvalue weighted by atomic mass is 16.5. The number of rotatable bonds is 11. The number of ether oxygens (including phenoxy) is 2. The van der Waals surface area contributed by atoms with Crippen molar-refractivity contribution in [1.29, 1.82) is 0 Å². The highest BCUT2D eigenvalue weighted by Crippen LogP contribution is 2.69. The van der Waals surface area contributed by atoms with E-state index < -0.39 is 12.2 Å². The van der Waals surface area contributed by atoms with Crippen molar-refractivity contribution in [1.82, 2.24) is 0 Å². The molecule has 254 valence electrons. The molecule has 0 bridgehead atoms. The van der Waals surface area contributed by atoms with Crippen LogP contribution in [0, 0.1) is 52.3 Å². The summed E-state index contributed by atoms with van der Waals surface area (Å²) in [5.41, 5.74) is 2.66. The molecule has 0 saturated heterocycles. The molecule has 4 aliphatic carbocycles. The fourth-order valence-corrected chi connectivity index (χ4v) is 11.3. The Morgan fingerprint density at radius 1 is 0.739 bits per heavy atom. The van der Waals surface area contributed by atoms with Gasteiger partial charge in [-0.3, -0.25) is 0 Å². The van der Waals surface area contributed by atoms with Gasteiger partial charge >= 0.3 is 0 Å². The van der Waals surface area contributed by atoms with E-state index in [0.29, 0.717) is 43.3 Å². The maximum atomic E-state index is 11.7. The van der Waals surface area contributed by atoms with Crippen molar-refractivity contribution in [2.24, 2.45) is 52.3 Å². The molecule has 0 heterocycles. The second-order valence-electron chi connectivity index (χ2n) is 16.6. The Kier molecular flexibility index (Phi) is 10.4. The number of aliphatic hydroxyl groups is 3. The number of hydrogen-bond donors (Lipinski definition) is 3. The molecule has 5 heteroatoms. The lowest BCUT2D eigenvalue weighted by Crippen LogP contribution is -2.59. The first kappa shape index (κ1) is 34.1. The van der Waals surface area contributed by atoms with Crippen LogP contribution in [0.15, 0.2) is 60.7 Å². The van der Waals surface area contributed by atoms with Gasteiger partial charge in [0.25, 0.3) is 0 Å². The van der Waals surface area contributed by atoms with Gasteiger partial charge in [-0.15, -0.1) is 0 Å². The highest BCUT2D eigenvalue weighted by molar-refractivity contribution is 5.16. The predicted molar refractivity (Wildman–Crippen MR) is 183 cm³/mol. The SMILES string of the molecule is CC(C)[C@H](O)[C@H](O)C[C@@H](C)[C@H]1[C@@H](O)C[C@H]2[C@@H]3C[C@@H](OCc4ccccc4)[C@H]4C[C@@H](OCc5ccccc5)CC[C@]4(C)[C@H]3CC[C@]12C. The Bertz CT molecular complexity index is 1250. The van der Waals surface area contributed by atoms with Gasteiger partial charge in [0, 0.05) is 0 Å². The molecule has 46 heavy (non-hydrogen) atoms. The van der Waals surface area contributed by atoms with Gasteiger partial charge in [-0.05, 0) is 115 Å². The third-order valence-corrected chi connectivity index (χ3v) is 13.7. The van der Waals surface area contributed by atoms with Crippen LogP contribution in [0.3, 0.4) is 0 Å². The minimum Gasteiger partial charge on any atom is -0.393 e. The first-order valence-electron chi connectivity index (χ1n) is 18.4. The van der Waals surface area contributed by atoms with Gasteiger partial charge in [-0.1, -0.05) is 95.3 Å². The summed E-state index contributed by atoms with van der Waals surface area (Å²) < 4.78 is 13.6. The second-order valence-corrected chi connectivity index (χ2v) is 16.6. The van der Waals surface area contributed by atoms with E-state index in [1.165, 1.54) is 17.5 Å². The number of hydrogen-bond acceptors (Lipinski definition) is 5. The Morgan fingerprint density at radius 2 is 1.35 bits per heavy atom. The quantitative estimate of drug-likeness (QED) is 0.236. The molecule has 6 rings (SSSR count). The summed E-state index contributed by atoms with van der Waals surface area (Å²) in [4.78, 5) is 0. The van der Waals surface area contributed by atoms with Gasteiger partial charge in [0.05, 0.1) is 43.7 Å². The van der Waals surface area contributed by atoms with Crippen molar-refractivity contribution in [2.75, 3.05) is 0 Å². The normalized spacial score (nSPS) is 39.2. The van der Waals surface area contributed by atoms with Crippen LogP contribution in [0.1, 0.15) is 97.1 Å². The van der Waals surface area contributed by atoms with Gasteiger partial charge in [0.1, 0.15) is 0 Å². The Balaban J connectivity index is 1.22. The molecule has 0 aromatic heterocycles. The largest absolute Gasteiger partial charge is 0.393 e. The van der Waals surface area contributed by atoms with Crippen LogP contribution in [-0.2, 0) is 22.7 Å². The third kappa shape index (κ3) is 6.61. The molecule has 0 aliphatic heterocycles. The summed E-state index contributed by atoms with van der Waals surface area (Å²) in [5, 5.41) is 33.2. The van der Waals surface area contributed by atoms with E-state index in [1.54, 1.807) is 0 Å². The third-order valence-electron chi connectivity index (χ3n) is 13.7. The van der Waals surface area contributed by atoms with E-state index in [9.17, 15) is 15.3 Å². The van der Waals surface area contributed by atoms with Crippen molar-refractivity contribution in [3.63, 3.8) is 0 Å². The maximum Gasteiger partial charge on any atom is 0.0822 e. The minimum absolute atomic E-state index is 0.0112. The Hall–Kier alpha value is -1.76. The van der Waals surface area contributed by atoms with Gasteiger partial charge in [0.2, 0.25) is 0 Å². The lowest BCUT2D eigenvalue weighted by atomic mass is 9.43. The average molecular weight is 633 g/mol. The monoisotopic (exact) mass is 632 g/mol. The number of benzene rings is 2. The number of aliphatic hydroxyl groups excluding tert-OH is 3. The van der Waals surface area contributed by atoms with Gasteiger partial charge in [-0.25, -0.2) is 0 Å². The fraction of sp³-hybridized carbons (Fsp3) is 0.707. The zero-order chi connectivity index (χ0) is 32.6. The van der Waals surface area contributed by atoms with Crippen LogP contribution in [0.4, 0.5) is 0 Å². The van der Waals surface area contributed by atoms with E-state index in [4.69, 9.17) is 9.47 Å². The molecule has 4 fully saturated rings. The average Bonchev–Trinajstić information content (AvgIpc) is 3.33. The van der Waals surface area contributed by atoms with Crippen LogP contribution in [-0.4, -0.2) is 45.8 Å². The van der Waals surface area contributed by atoms with Crippen LogP contribution in [0.2, 0.25) is 0 Å². The topological polar surface area (TPSA) is 79.2 Å². The van der Waals surface area contributed by atoms with E-state index in [1.807, 2.05) is 13.8 Å². The van der Waals surface area contributed by atoms with E-state index in [0.717, 1.165) is 38.5 Å². The molecular formula is C41H60O5. The van der Waals surface area contributed by atoms with Crippen molar-refractivity contribution in [2.45, 2.75) is 130 Å². The number of fused-ring (bicyclic) bond motifs is 5. The molecule has 0 amide bonds. The lowest BCUT2D eigenvalue weighted by Gasteiger charge is -2.63. The maximum absolute atomic E-state index is 11.7. The molecule has 3 N–H and O–H groups in total. The van der Waals surface area contributed by atoms with Crippen LogP contribution >= 0.6 is 0 Å². The van der Waals surface area contributed by atoms with Crippen LogP contribution in [0.25, 0.3) is 0 Å². The minimum atomic E-state index is -0.759. The molecule has 0 spiro atoms. The van der Waals surface area contributed by atoms with E-state index in [-0.39, 0.29) is 46.9 Å². The van der Waals surface area contributed by atoms with Crippen molar-refractivity contribution in [3.8, 4) is 0 Å². The standard InChI is InChI=1S/C41H60O5/c1-26(2)39(44)36(43)20-27(3)38-35(42)23-33-31-22-37(46-25-29-14-10-7-11-15-29)34-21-30(45-24-28-12-8-6-9-13-28)16-18-40(34,4)32(31)17-19-41(33,38)5/h6-15,26-27,30-39,42-44H,16-25H2,1-5H3/t27-,30+,31-,32+,33+,34-,35+,36-,37-,38+,39+,40-,41+/m1/s1. The smallest absolute Gasteiger partial charge is 0.0822 e. The van der Waals surface area contributed by atoms with E-state index in [2.05, 4.69) is 81.4 Å². The highest BCUT2D eigenvalue weighted by Gasteiger charge is 2.64. The van der Waals surface area contributed by atoms with Crippen LogP contribution in [0.5, 0.6) is 0 Å². The molecule has 4 saturated carbocycles. The molecule has 0 unspecified atom stereocenters. The van der Waals surface area contributed by atoms with Crippen molar-refractivity contribution in [3.05, 3.63) is 71.8 Å². The fourth-order valence-electron chi connectivity index (χ4n) is 11.3. The second kappa shape index (κ2) is 14.0. The molecule has 2 aromatic carbocycles. The summed E-state index contributed by atoms with van der Waals surface area (Å²) >= 11 is 0. The summed E-state index contributed by atoms with van der Waals surface area (Å²) in [6.07, 6.45) is 6.58. The summed E-state index contributed by atoms with van der Waals surface area (Å²) in [7, 11) is 0. The summed E-state index contributed by atoms with van der Waals surface area (Å²) in [5.74, 6) is 2.30. The predicted octanol–water partition coefficient (Wildman–Crippen LogP) is 7.80. The van der Waals surface area contributed by atoms with Crippen molar-refractivity contribution >= 4 is 0 Å². The molecule has 4 aliphatic rings.